The Morgan fingerprint density at radius 2 is 1.73 bits per heavy atom. The van der Waals surface area contributed by atoms with Gasteiger partial charge in [-0.05, 0) is 48.5 Å². The number of carbonyl (C=O) groups is 2. The number of hydrogen-bond acceptors (Lipinski definition) is 7. The molecule has 0 unspecified atom stereocenters. The van der Waals surface area contributed by atoms with Crippen molar-refractivity contribution < 1.29 is 14.3 Å². The zero-order valence-electron chi connectivity index (χ0n) is 16.3. The Morgan fingerprint density at radius 3 is 2.33 bits per heavy atom. The number of hydrogen-bond donors (Lipinski definition) is 2. The summed E-state index contributed by atoms with van der Waals surface area (Å²) in [6.45, 7) is 2.80. The van der Waals surface area contributed by atoms with Crippen molar-refractivity contribution in [3.8, 4) is 23.1 Å². The lowest BCUT2D eigenvalue weighted by Crippen LogP contribution is -2.05. The Balaban J connectivity index is 1.71. The van der Waals surface area contributed by atoms with Gasteiger partial charge in [-0.15, -0.1) is 11.3 Å². The Bertz CT molecular complexity index is 1130. The van der Waals surface area contributed by atoms with E-state index in [1.165, 1.54) is 25.2 Å². The van der Waals surface area contributed by atoms with Crippen molar-refractivity contribution in [2.75, 3.05) is 10.6 Å². The summed E-state index contributed by atoms with van der Waals surface area (Å²) in [6.07, 6.45) is 1.60. The molecule has 0 spiro atoms. The molecule has 1 aromatic heterocycles. The molecule has 2 N–H and O–H groups in total. The first kappa shape index (κ1) is 20.8. The molecule has 0 aliphatic rings. The molecule has 3 aromatic rings. The van der Waals surface area contributed by atoms with Crippen LogP contribution in [0.1, 0.15) is 18.9 Å². The Morgan fingerprint density at radius 1 is 1.07 bits per heavy atom. The van der Waals surface area contributed by atoms with Crippen LogP contribution >= 0.6 is 11.3 Å². The molecule has 0 saturated heterocycles. The highest BCUT2D eigenvalue weighted by atomic mass is 32.1. The van der Waals surface area contributed by atoms with Crippen LogP contribution in [0.15, 0.2) is 60.1 Å². The van der Waals surface area contributed by atoms with Crippen molar-refractivity contribution in [2.45, 2.75) is 13.8 Å². The van der Waals surface area contributed by atoms with Gasteiger partial charge in [-0.3, -0.25) is 9.59 Å². The average molecular weight is 418 g/mol. The van der Waals surface area contributed by atoms with Gasteiger partial charge in [-0.2, -0.15) is 5.26 Å². The van der Waals surface area contributed by atoms with E-state index < -0.39 is 0 Å². The largest absolute Gasteiger partial charge is 0.427 e. The number of esters is 1. The molecule has 7 nitrogen and oxygen atoms in total. The maximum atomic E-state index is 11.1. The standard InChI is InChI=1S/C22H18N4O3S/c1-14(27)25-19-7-5-18(6-8-19)24-12-17(11-23)22-26-21(13-30-22)16-3-9-20(10-4-16)29-15(2)28/h3-10,12-13,24H,1-2H3,(H,25,27)/b17-12-. The lowest BCUT2D eigenvalue weighted by atomic mass is 10.2. The number of nitrogens with one attached hydrogen (secondary N) is 2. The summed E-state index contributed by atoms with van der Waals surface area (Å²) >= 11 is 1.36. The zero-order chi connectivity index (χ0) is 21.5. The molecule has 1 amide bonds. The van der Waals surface area contributed by atoms with Gasteiger partial charge in [-0.1, -0.05) is 0 Å². The summed E-state index contributed by atoms with van der Waals surface area (Å²) in [6, 6.07) is 16.3. The number of aromatic nitrogens is 1. The molecular weight excluding hydrogens is 400 g/mol. The predicted molar refractivity (Wildman–Crippen MR) is 117 cm³/mol. The van der Waals surface area contributed by atoms with E-state index in [1.807, 2.05) is 17.5 Å². The quantitative estimate of drug-likeness (QED) is 0.342. The SMILES string of the molecule is CC(=O)Nc1ccc(N/C=C(/C#N)c2nc(-c3ccc(OC(C)=O)cc3)cs2)cc1. The van der Waals surface area contributed by atoms with Crippen LogP contribution in [0, 0.1) is 11.3 Å². The van der Waals surface area contributed by atoms with Gasteiger partial charge in [0.1, 0.15) is 22.4 Å². The molecule has 3 rings (SSSR count). The van der Waals surface area contributed by atoms with Gasteiger partial charge in [0.2, 0.25) is 5.91 Å². The molecule has 2 aromatic carbocycles. The van der Waals surface area contributed by atoms with E-state index in [0.29, 0.717) is 22.0 Å². The third-order valence-electron chi connectivity index (χ3n) is 3.86. The van der Waals surface area contributed by atoms with E-state index in [0.717, 1.165) is 16.9 Å². The van der Waals surface area contributed by atoms with Gasteiger partial charge < -0.3 is 15.4 Å². The van der Waals surface area contributed by atoms with Crippen LogP contribution in [0.2, 0.25) is 0 Å². The second-order valence-corrected chi connectivity index (χ2v) is 7.09. The Kier molecular flexibility index (Phi) is 6.57. The van der Waals surface area contributed by atoms with Crippen molar-refractivity contribution in [1.82, 2.24) is 4.98 Å². The number of rotatable bonds is 6. The Labute approximate surface area is 177 Å². The maximum absolute atomic E-state index is 11.1. The van der Waals surface area contributed by atoms with E-state index in [1.54, 1.807) is 42.6 Å². The van der Waals surface area contributed by atoms with Gasteiger partial charge in [0.05, 0.1) is 5.69 Å². The molecule has 0 aliphatic carbocycles. The number of allylic oxidation sites excluding steroid dienone is 1. The fraction of sp³-hybridized carbons (Fsp3) is 0.0909. The minimum Gasteiger partial charge on any atom is -0.427 e. The molecule has 0 fully saturated rings. The van der Waals surface area contributed by atoms with Crippen LogP contribution in [0.4, 0.5) is 11.4 Å². The molecule has 0 atom stereocenters. The van der Waals surface area contributed by atoms with Crippen molar-refractivity contribution in [3.63, 3.8) is 0 Å². The third kappa shape index (κ3) is 5.53. The zero-order valence-corrected chi connectivity index (χ0v) is 17.1. The molecule has 0 aliphatic heterocycles. The Hall–Kier alpha value is -3.96. The first-order valence-corrected chi connectivity index (χ1v) is 9.82. The maximum Gasteiger partial charge on any atom is 0.308 e. The summed E-state index contributed by atoms with van der Waals surface area (Å²) in [5.41, 5.74) is 3.45. The topological polar surface area (TPSA) is 104 Å². The van der Waals surface area contributed by atoms with Crippen LogP contribution < -0.4 is 15.4 Å². The van der Waals surface area contributed by atoms with Crippen LogP contribution in [0.5, 0.6) is 5.75 Å². The molecule has 30 heavy (non-hydrogen) atoms. The molecule has 0 radical (unpaired) electrons. The summed E-state index contributed by atoms with van der Waals surface area (Å²) in [5.74, 6) is -0.0456. The van der Waals surface area contributed by atoms with E-state index in [9.17, 15) is 14.9 Å². The first-order chi connectivity index (χ1) is 14.4. The number of nitriles is 1. The summed E-state index contributed by atoms with van der Waals surface area (Å²) < 4.78 is 5.03. The van der Waals surface area contributed by atoms with Crippen LogP contribution in [-0.2, 0) is 9.59 Å². The second kappa shape index (κ2) is 9.49. The molecule has 1 heterocycles. The van der Waals surface area contributed by atoms with E-state index >= 15 is 0 Å². The first-order valence-electron chi connectivity index (χ1n) is 8.94. The van der Waals surface area contributed by atoms with Crippen molar-refractivity contribution in [1.29, 1.82) is 5.26 Å². The van der Waals surface area contributed by atoms with Gasteiger partial charge in [0, 0.05) is 42.4 Å². The molecule has 8 heteroatoms. The number of amides is 1. The van der Waals surface area contributed by atoms with E-state index in [-0.39, 0.29) is 11.9 Å². The predicted octanol–water partition coefficient (Wildman–Crippen LogP) is 4.67. The van der Waals surface area contributed by atoms with Crippen molar-refractivity contribution in [3.05, 3.63) is 65.1 Å². The molecule has 0 bridgehead atoms. The molecule has 0 saturated carbocycles. The third-order valence-corrected chi connectivity index (χ3v) is 4.73. The summed E-state index contributed by atoms with van der Waals surface area (Å²) in [7, 11) is 0. The number of anilines is 2. The highest BCUT2D eigenvalue weighted by Gasteiger charge is 2.09. The van der Waals surface area contributed by atoms with Gasteiger partial charge >= 0.3 is 5.97 Å². The van der Waals surface area contributed by atoms with Gasteiger partial charge in [0.25, 0.3) is 0 Å². The number of nitrogens with zero attached hydrogens (tertiary/aromatic N) is 2. The van der Waals surface area contributed by atoms with Gasteiger partial charge in [0.15, 0.2) is 0 Å². The summed E-state index contributed by atoms with van der Waals surface area (Å²) in [4.78, 5) is 26.6. The highest BCUT2D eigenvalue weighted by molar-refractivity contribution is 7.11. The summed E-state index contributed by atoms with van der Waals surface area (Å²) in [5, 5.41) is 17.7. The number of carbonyl (C=O) groups excluding carboxylic acids is 2. The number of benzene rings is 2. The average Bonchev–Trinajstić information content (AvgIpc) is 3.19. The fourth-order valence-electron chi connectivity index (χ4n) is 2.54. The van der Waals surface area contributed by atoms with Crippen LogP contribution in [0.25, 0.3) is 16.8 Å². The monoisotopic (exact) mass is 418 g/mol. The van der Waals surface area contributed by atoms with Gasteiger partial charge in [-0.25, -0.2) is 4.98 Å². The molecule has 150 valence electrons. The minimum atomic E-state index is -0.375. The lowest BCUT2D eigenvalue weighted by molar-refractivity contribution is -0.131. The normalized spacial score (nSPS) is 10.8. The number of thiazole rings is 1. The minimum absolute atomic E-state index is 0.136. The van der Waals surface area contributed by atoms with Crippen LogP contribution in [-0.4, -0.2) is 16.9 Å². The second-order valence-electron chi connectivity index (χ2n) is 6.23. The van der Waals surface area contributed by atoms with E-state index in [4.69, 9.17) is 4.74 Å². The van der Waals surface area contributed by atoms with Crippen molar-refractivity contribution in [2.24, 2.45) is 0 Å². The lowest BCUT2D eigenvalue weighted by Gasteiger charge is -2.05. The van der Waals surface area contributed by atoms with Crippen LogP contribution in [0.3, 0.4) is 0 Å². The fourth-order valence-corrected chi connectivity index (χ4v) is 3.33. The smallest absolute Gasteiger partial charge is 0.308 e. The van der Waals surface area contributed by atoms with E-state index in [2.05, 4.69) is 21.7 Å². The molecular formula is C22H18N4O3S. The highest BCUT2D eigenvalue weighted by Crippen LogP contribution is 2.27. The van der Waals surface area contributed by atoms with Crippen molar-refractivity contribution >= 4 is 40.2 Å². The number of ether oxygens (including phenoxy) is 1.